The third-order valence-corrected chi connectivity index (χ3v) is 12.8. The van der Waals surface area contributed by atoms with Crippen molar-refractivity contribution in [3.63, 3.8) is 0 Å². The number of aromatic hydroxyl groups is 1. The molecule has 1 saturated carbocycles. The minimum absolute atomic E-state index is 0.0531. The zero-order chi connectivity index (χ0) is 37.6. The number of aryl methyl sites for hydroxylation is 1. The highest BCUT2D eigenvalue weighted by Crippen LogP contribution is 2.47. The van der Waals surface area contributed by atoms with Gasteiger partial charge in [-0.3, -0.25) is 14.5 Å². The van der Waals surface area contributed by atoms with Crippen LogP contribution in [0.2, 0.25) is 0 Å². The molecule has 8 nitrogen and oxygen atoms in total. The molecular weight excluding hydrogens is 692 g/mol. The summed E-state index contributed by atoms with van der Waals surface area (Å²) < 4.78 is 20.1. The standard InChI is InChI=1S/C46H49FN4O4/c1-29-2-17-43(45(53)48-29)51-27-34-25-37(10-15-42(34)46(51)54)50-22-20-49(21-23-50)19-18-32-24-35(32)28-55-39-12-5-31(6-13-39)44-40(30-3-8-36(47)9-4-30)14-7-33-26-38(52)11-16-41(33)44/h3-6,8-13,15-16,25-26,32,35,40,43-44,52H,1-2,7,14,17-24,27-28H2,(H,48,53)/t32-,35-,40+,43?,44-/m0/s1. The Kier molecular flexibility index (Phi) is 9.58. The number of carbonyl (C=O) groups excluding carboxylic acids is 2. The number of amides is 2. The Bertz CT molecular complexity index is 2090. The fourth-order valence-corrected chi connectivity index (χ4v) is 9.55. The van der Waals surface area contributed by atoms with Gasteiger partial charge in [0.1, 0.15) is 23.4 Å². The summed E-state index contributed by atoms with van der Waals surface area (Å²) in [7, 11) is 0. The first kappa shape index (κ1) is 35.5. The Balaban J connectivity index is 0.741. The van der Waals surface area contributed by atoms with Gasteiger partial charge in [-0.25, -0.2) is 4.39 Å². The average Bonchev–Trinajstić information content (AvgIpc) is 3.88. The summed E-state index contributed by atoms with van der Waals surface area (Å²) >= 11 is 0. The van der Waals surface area contributed by atoms with E-state index in [1.807, 2.05) is 30.3 Å². The number of hydrogen-bond donors (Lipinski definition) is 2. The molecule has 55 heavy (non-hydrogen) atoms. The molecule has 9 rings (SSSR count). The number of anilines is 1. The van der Waals surface area contributed by atoms with Crippen molar-refractivity contribution in [3.8, 4) is 11.5 Å². The van der Waals surface area contributed by atoms with Crippen molar-refractivity contribution in [1.82, 2.24) is 15.1 Å². The number of fused-ring (bicyclic) bond motifs is 2. The minimum atomic E-state index is -0.436. The van der Waals surface area contributed by atoms with Crippen molar-refractivity contribution in [3.05, 3.63) is 136 Å². The van der Waals surface area contributed by atoms with Gasteiger partial charge in [0.2, 0.25) is 5.91 Å². The predicted molar refractivity (Wildman–Crippen MR) is 211 cm³/mol. The van der Waals surface area contributed by atoms with Crippen LogP contribution in [-0.4, -0.2) is 72.1 Å². The first-order valence-electron chi connectivity index (χ1n) is 20.0. The van der Waals surface area contributed by atoms with Crippen molar-refractivity contribution < 1.29 is 23.8 Å². The molecule has 2 N–H and O–H groups in total. The second kappa shape index (κ2) is 14.8. The second-order valence-electron chi connectivity index (χ2n) is 16.2. The van der Waals surface area contributed by atoms with Gasteiger partial charge in [-0.1, -0.05) is 36.9 Å². The minimum Gasteiger partial charge on any atom is -0.508 e. The first-order chi connectivity index (χ1) is 26.8. The zero-order valence-corrected chi connectivity index (χ0v) is 31.3. The summed E-state index contributed by atoms with van der Waals surface area (Å²) in [5, 5.41) is 13.0. The van der Waals surface area contributed by atoms with Crippen molar-refractivity contribution in [2.75, 3.05) is 44.2 Å². The maximum absolute atomic E-state index is 13.8. The van der Waals surface area contributed by atoms with Gasteiger partial charge in [0.25, 0.3) is 5.91 Å². The number of hydrogen-bond acceptors (Lipinski definition) is 6. The summed E-state index contributed by atoms with van der Waals surface area (Å²) in [5.41, 5.74) is 8.33. The fraction of sp³-hybridized carbons (Fsp3) is 0.391. The second-order valence-corrected chi connectivity index (χ2v) is 16.2. The molecule has 0 aromatic heterocycles. The molecule has 3 heterocycles. The highest BCUT2D eigenvalue weighted by molar-refractivity contribution is 6.01. The van der Waals surface area contributed by atoms with Gasteiger partial charge in [-0.2, -0.15) is 0 Å². The van der Waals surface area contributed by atoms with Gasteiger partial charge in [0, 0.05) is 55.6 Å². The van der Waals surface area contributed by atoms with Crippen molar-refractivity contribution >= 4 is 17.5 Å². The Morgan fingerprint density at radius 2 is 1.62 bits per heavy atom. The molecule has 2 saturated heterocycles. The van der Waals surface area contributed by atoms with Gasteiger partial charge >= 0.3 is 0 Å². The molecule has 5 atom stereocenters. The van der Waals surface area contributed by atoms with E-state index >= 15 is 0 Å². The van der Waals surface area contributed by atoms with Crippen molar-refractivity contribution in [2.24, 2.45) is 11.8 Å². The van der Waals surface area contributed by atoms with Crippen LogP contribution in [-0.2, 0) is 17.8 Å². The lowest BCUT2D eigenvalue weighted by atomic mass is 9.69. The van der Waals surface area contributed by atoms with Crippen LogP contribution in [0.4, 0.5) is 10.1 Å². The summed E-state index contributed by atoms with van der Waals surface area (Å²) in [5.74, 6) is 2.40. The van der Waals surface area contributed by atoms with Crippen LogP contribution in [0, 0.1) is 17.7 Å². The summed E-state index contributed by atoms with van der Waals surface area (Å²) in [4.78, 5) is 32.5. The lowest BCUT2D eigenvalue weighted by Crippen LogP contribution is -2.49. The monoisotopic (exact) mass is 740 g/mol. The third-order valence-electron chi connectivity index (χ3n) is 12.8. The molecule has 284 valence electrons. The Hall–Kier alpha value is -5.15. The summed E-state index contributed by atoms with van der Waals surface area (Å²) in [6, 6.07) is 26.9. The van der Waals surface area contributed by atoms with Crippen LogP contribution in [0.1, 0.15) is 82.1 Å². The lowest BCUT2D eigenvalue weighted by molar-refractivity contribution is -0.126. The zero-order valence-electron chi connectivity index (χ0n) is 31.3. The number of phenolic OH excluding ortho intramolecular Hbond substituents is 1. The number of piperazine rings is 1. The molecule has 2 amide bonds. The fourth-order valence-electron chi connectivity index (χ4n) is 9.55. The number of allylic oxidation sites excluding steroid dienone is 1. The van der Waals surface area contributed by atoms with E-state index in [9.17, 15) is 19.1 Å². The van der Waals surface area contributed by atoms with Crippen LogP contribution in [0.25, 0.3) is 0 Å². The third kappa shape index (κ3) is 7.34. The quantitative estimate of drug-likeness (QED) is 0.177. The van der Waals surface area contributed by atoms with Crippen molar-refractivity contribution in [2.45, 2.75) is 62.9 Å². The van der Waals surface area contributed by atoms with E-state index in [-0.39, 0.29) is 29.5 Å². The first-order valence-corrected chi connectivity index (χ1v) is 20.0. The summed E-state index contributed by atoms with van der Waals surface area (Å²) in [6.45, 7) is 10.1. The number of nitrogens with zero attached hydrogens (tertiary/aromatic N) is 3. The lowest BCUT2D eigenvalue weighted by Gasteiger charge is -2.36. The van der Waals surface area contributed by atoms with Gasteiger partial charge < -0.3 is 25.0 Å². The largest absolute Gasteiger partial charge is 0.508 e. The van der Waals surface area contributed by atoms with E-state index in [0.717, 1.165) is 80.4 Å². The highest BCUT2D eigenvalue weighted by Gasteiger charge is 2.39. The maximum Gasteiger partial charge on any atom is 0.255 e. The van der Waals surface area contributed by atoms with Gasteiger partial charge in [-0.05, 0) is 145 Å². The van der Waals surface area contributed by atoms with Crippen LogP contribution < -0.4 is 15.0 Å². The van der Waals surface area contributed by atoms with E-state index in [2.05, 4.69) is 58.1 Å². The van der Waals surface area contributed by atoms with E-state index in [4.69, 9.17) is 4.74 Å². The topological polar surface area (TPSA) is 85.4 Å². The molecular formula is C46H49FN4O4. The number of ether oxygens (including phenoxy) is 1. The molecule has 4 aromatic carbocycles. The predicted octanol–water partition coefficient (Wildman–Crippen LogP) is 7.37. The number of carbonyl (C=O) groups is 2. The van der Waals surface area contributed by atoms with E-state index in [1.54, 1.807) is 23.1 Å². The number of phenols is 1. The molecule has 1 unspecified atom stereocenters. The van der Waals surface area contributed by atoms with Gasteiger partial charge in [0.05, 0.1) is 6.61 Å². The number of nitrogens with one attached hydrogen (secondary N) is 1. The number of halogens is 1. The summed E-state index contributed by atoms with van der Waals surface area (Å²) in [6.07, 6.45) is 5.53. The SMILES string of the molecule is C=C1CCC(N2Cc3cc(N4CCN(CC[C@H]5C[C@H]5COc5ccc([C@@H]6c7ccc(O)cc7CC[C@@H]6c6ccc(F)cc6)cc5)CC4)ccc3C2=O)C(=O)N1. The van der Waals surface area contributed by atoms with Crippen LogP contribution in [0.5, 0.6) is 11.5 Å². The molecule has 0 bridgehead atoms. The van der Waals surface area contributed by atoms with E-state index in [1.165, 1.54) is 29.5 Å². The van der Waals surface area contributed by atoms with Crippen LogP contribution in [0.3, 0.4) is 0 Å². The Labute approximate surface area is 322 Å². The molecule has 5 aliphatic rings. The van der Waals surface area contributed by atoms with Gasteiger partial charge in [-0.15, -0.1) is 0 Å². The van der Waals surface area contributed by atoms with E-state index in [0.29, 0.717) is 42.5 Å². The Morgan fingerprint density at radius 1 is 0.836 bits per heavy atom. The van der Waals surface area contributed by atoms with Crippen molar-refractivity contribution in [1.29, 1.82) is 0 Å². The molecule has 2 aliphatic carbocycles. The molecule has 9 heteroatoms. The maximum atomic E-state index is 13.8. The smallest absolute Gasteiger partial charge is 0.255 e. The molecule has 3 fully saturated rings. The van der Waals surface area contributed by atoms with Crippen LogP contribution >= 0.6 is 0 Å². The molecule has 0 spiro atoms. The normalized spacial score (nSPS) is 25.0. The number of benzene rings is 4. The van der Waals surface area contributed by atoms with Gasteiger partial charge in [0.15, 0.2) is 0 Å². The molecule has 0 radical (unpaired) electrons. The number of piperidine rings is 1. The van der Waals surface area contributed by atoms with Crippen LogP contribution in [0.15, 0.2) is 97.2 Å². The molecule has 4 aromatic rings. The Morgan fingerprint density at radius 3 is 2.40 bits per heavy atom. The average molecular weight is 741 g/mol. The number of rotatable bonds is 10. The highest BCUT2D eigenvalue weighted by atomic mass is 19.1. The van der Waals surface area contributed by atoms with E-state index < -0.39 is 6.04 Å². The molecule has 3 aliphatic heterocycles.